The summed E-state index contributed by atoms with van der Waals surface area (Å²) >= 11 is 1.59. The summed E-state index contributed by atoms with van der Waals surface area (Å²) in [5.74, 6) is 0.315. The van der Waals surface area contributed by atoms with Gasteiger partial charge < -0.3 is 9.47 Å². The minimum absolute atomic E-state index is 0.0217. The molecule has 0 bridgehead atoms. The molecule has 0 saturated carbocycles. The number of carbonyl (C=O) groups is 2. The quantitative estimate of drug-likeness (QED) is 0.476. The topological polar surface area (TPSA) is 112 Å². The number of hydrogen-bond donors (Lipinski definition) is 2. The first-order valence-electron chi connectivity index (χ1n) is 11.4. The molecule has 2 N–H and O–H groups in total. The number of thiophene rings is 1. The second kappa shape index (κ2) is 10.7. The zero-order valence-corrected chi connectivity index (χ0v) is 20.1. The Kier molecular flexibility index (Phi) is 7.46. The van der Waals surface area contributed by atoms with Crippen LogP contribution in [-0.4, -0.2) is 34.1 Å². The number of hydrazine groups is 1. The molecule has 2 aromatic heterocycles. The lowest BCUT2D eigenvalue weighted by Crippen LogP contribution is -2.47. The van der Waals surface area contributed by atoms with Crippen LogP contribution in [0.2, 0.25) is 0 Å². The summed E-state index contributed by atoms with van der Waals surface area (Å²) in [6.07, 6.45) is 4.81. The maximum absolute atomic E-state index is 13.0. The first-order valence-corrected chi connectivity index (χ1v) is 12.3. The number of nitrogens with zero attached hydrogens (tertiary/aromatic N) is 2. The Hall–Kier alpha value is -3.40. The van der Waals surface area contributed by atoms with E-state index >= 15 is 0 Å². The first-order chi connectivity index (χ1) is 16.5. The highest BCUT2D eigenvalue weighted by molar-refractivity contribution is 7.18. The molecule has 3 aromatic rings. The number of hydrogen-bond acceptors (Lipinski definition) is 7. The lowest BCUT2D eigenvalue weighted by molar-refractivity contribution is -0.132. The van der Waals surface area contributed by atoms with E-state index in [1.165, 1.54) is 15.8 Å². The minimum Gasteiger partial charge on any atom is -0.494 e. The van der Waals surface area contributed by atoms with Crippen molar-refractivity contribution in [3.05, 3.63) is 51.4 Å². The summed E-state index contributed by atoms with van der Waals surface area (Å²) in [6, 6.07) is 6.93. The summed E-state index contributed by atoms with van der Waals surface area (Å²) in [5, 5.41) is 0.691. The van der Waals surface area contributed by atoms with Gasteiger partial charge in [0, 0.05) is 17.8 Å². The Labute approximate surface area is 201 Å². The fourth-order valence-corrected chi connectivity index (χ4v) is 5.12. The second-order valence-electron chi connectivity index (χ2n) is 8.09. The van der Waals surface area contributed by atoms with Gasteiger partial charge in [-0.25, -0.2) is 4.98 Å². The maximum atomic E-state index is 13.0. The highest BCUT2D eigenvalue weighted by Crippen LogP contribution is 2.33. The van der Waals surface area contributed by atoms with Crippen LogP contribution in [0.3, 0.4) is 0 Å². The minimum atomic E-state index is -0.822. The molecule has 10 heteroatoms. The summed E-state index contributed by atoms with van der Waals surface area (Å²) < 4.78 is 12.4. The lowest BCUT2D eigenvalue weighted by atomic mass is 9.97. The van der Waals surface area contributed by atoms with E-state index in [4.69, 9.17) is 9.47 Å². The van der Waals surface area contributed by atoms with Crippen LogP contribution >= 0.6 is 11.3 Å². The number of amides is 2. The molecule has 0 spiro atoms. The summed E-state index contributed by atoms with van der Waals surface area (Å²) in [7, 11) is 0. The van der Waals surface area contributed by atoms with Crippen LogP contribution in [0.25, 0.3) is 10.2 Å². The molecular weight excluding hydrogens is 456 g/mol. The van der Waals surface area contributed by atoms with E-state index in [0.717, 1.165) is 36.1 Å². The molecule has 1 unspecified atom stereocenters. The Morgan fingerprint density at radius 3 is 2.65 bits per heavy atom. The number of carbonyl (C=O) groups excluding carboxylic acids is 2. The van der Waals surface area contributed by atoms with Crippen molar-refractivity contribution >= 4 is 33.4 Å². The van der Waals surface area contributed by atoms with Crippen molar-refractivity contribution < 1.29 is 19.1 Å². The van der Waals surface area contributed by atoms with Crippen LogP contribution in [0.15, 0.2) is 35.4 Å². The van der Waals surface area contributed by atoms with Gasteiger partial charge in [-0.15, -0.1) is 11.3 Å². The van der Waals surface area contributed by atoms with Crippen molar-refractivity contribution in [1.82, 2.24) is 20.4 Å². The average Bonchev–Trinajstić information content (AvgIpc) is 3.23. The number of fused-ring (bicyclic) bond motifs is 3. The molecule has 1 aromatic carbocycles. The van der Waals surface area contributed by atoms with Gasteiger partial charge in [-0.05, 0) is 69.4 Å². The van der Waals surface area contributed by atoms with Crippen molar-refractivity contribution in [2.24, 2.45) is 0 Å². The van der Waals surface area contributed by atoms with Gasteiger partial charge in [-0.1, -0.05) is 0 Å². The number of aryl methyl sites for hydroxylation is 3. The van der Waals surface area contributed by atoms with Gasteiger partial charge in [0.2, 0.25) is 5.91 Å². The van der Waals surface area contributed by atoms with Gasteiger partial charge in [0.25, 0.3) is 11.5 Å². The maximum Gasteiger partial charge on any atom is 0.279 e. The van der Waals surface area contributed by atoms with Crippen molar-refractivity contribution in [3.63, 3.8) is 0 Å². The van der Waals surface area contributed by atoms with Crippen LogP contribution in [-0.2, 0) is 29.0 Å². The Balaban J connectivity index is 1.27. The first kappa shape index (κ1) is 23.7. The summed E-state index contributed by atoms with van der Waals surface area (Å²) in [6.45, 7) is 4.22. The predicted octanol–water partition coefficient (Wildman–Crippen LogP) is 2.74. The number of benzene rings is 1. The van der Waals surface area contributed by atoms with E-state index in [-0.39, 0.29) is 18.5 Å². The van der Waals surface area contributed by atoms with E-state index in [9.17, 15) is 14.4 Å². The van der Waals surface area contributed by atoms with Gasteiger partial charge in [0.05, 0.1) is 18.3 Å². The zero-order valence-electron chi connectivity index (χ0n) is 19.3. The SMILES string of the molecule is CCOc1ccc(OC(C)C(=O)NNC(=O)CCn2cnc3sc4c(c3c2=O)CCCC4)cc1. The molecule has 1 aliphatic carbocycles. The van der Waals surface area contributed by atoms with Gasteiger partial charge >= 0.3 is 0 Å². The molecule has 0 saturated heterocycles. The molecule has 4 rings (SSSR count). The number of aromatic nitrogens is 2. The summed E-state index contributed by atoms with van der Waals surface area (Å²) in [4.78, 5) is 43.9. The van der Waals surface area contributed by atoms with Crippen LogP contribution in [0.5, 0.6) is 11.5 Å². The third-order valence-corrected chi connectivity index (χ3v) is 6.86. The fourth-order valence-electron chi connectivity index (χ4n) is 3.90. The van der Waals surface area contributed by atoms with Crippen molar-refractivity contribution in [1.29, 1.82) is 0 Å². The molecule has 9 nitrogen and oxygen atoms in total. The standard InChI is InChI=1S/C24H28N4O5S/c1-3-32-16-8-10-17(11-9-16)33-15(2)22(30)27-26-20(29)12-13-28-14-25-23-21(24(28)31)18-6-4-5-7-19(18)34-23/h8-11,14-15H,3-7,12-13H2,1-2H3,(H,26,29)(H,27,30). The van der Waals surface area contributed by atoms with E-state index < -0.39 is 17.9 Å². The number of rotatable bonds is 8. The van der Waals surface area contributed by atoms with Crippen molar-refractivity contribution in [3.8, 4) is 11.5 Å². The zero-order chi connectivity index (χ0) is 24.1. The molecule has 1 atom stereocenters. The smallest absolute Gasteiger partial charge is 0.279 e. The molecule has 0 aliphatic heterocycles. The van der Waals surface area contributed by atoms with Crippen LogP contribution in [0, 0.1) is 0 Å². The van der Waals surface area contributed by atoms with Crippen LogP contribution in [0.4, 0.5) is 0 Å². The van der Waals surface area contributed by atoms with Crippen molar-refractivity contribution in [2.75, 3.05) is 6.61 Å². The van der Waals surface area contributed by atoms with E-state index in [0.29, 0.717) is 23.5 Å². The second-order valence-corrected chi connectivity index (χ2v) is 9.17. The largest absolute Gasteiger partial charge is 0.494 e. The monoisotopic (exact) mass is 484 g/mol. The lowest BCUT2D eigenvalue weighted by Gasteiger charge is -2.15. The highest BCUT2D eigenvalue weighted by Gasteiger charge is 2.20. The average molecular weight is 485 g/mol. The highest BCUT2D eigenvalue weighted by atomic mass is 32.1. The Bertz CT molecular complexity index is 1230. The Morgan fingerprint density at radius 1 is 1.15 bits per heavy atom. The predicted molar refractivity (Wildman–Crippen MR) is 129 cm³/mol. The van der Waals surface area contributed by atoms with Gasteiger partial charge in [0.1, 0.15) is 16.3 Å². The van der Waals surface area contributed by atoms with Gasteiger partial charge in [-0.2, -0.15) is 0 Å². The molecule has 2 amide bonds. The van der Waals surface area contributed by atoms with Gasteiger partial charge in [0.15, 0.2) is 6.10 Å². The summed E-state index contributed by atoms with van der Waals surface area (Å²) in [5.41, 5.74) is 5.75. The number of nitrogens with one attached hydrogen (secondary N) is 2. The molecular formula is C24H28N4O5S. The molecule has 2 heterocycles. The van der Waals surface area contributed by atoms with Crippen LogP contribution in [0.1, 0.15) is 43.6 Å². The molecule has 1 aliphatic rings. The molecule has 0 radical (unpaired) electrons. The molecule has 34 heavy (non-hydrogen) atoms. The van der Waals surface area contributed by atoms with E-state index in [2.05, 4.69) is 15.8 Å². The Morgan fingerprint density at radius 2 is 1.88 bits per heavy atom. The third-order valence-electron chi connectivity index (χ3n) is 5.66. The molecule has 180 valence electrons. The van der Waals surface area contributed by atoms with E-state index in [1.807, 2.05) is 6.92 Å². The molecule has 0 fully saturated rings. The normalized spacial score (nSPS) is 13.7. The van der Waals surface area contributed by atoms with Crippen molar-refractivity contribution in [2.45, 2.75) is 58.6 Å². The van der Waals surface area contributed by atoms with Gasteiger partial charge in [-0.3, -0.25) is 29.8 Å². The van der Waals surface area contributed by atoms with Crippen LogP contribution < -0.4 is 25.9 Å². The third kappa shape index (κ3) is 5.39. The van der Waals surface area contributed by atoms with E-state index in [1.54, 1.807) is 42.5 Å². The number of ether oxygens (including phenoxy) is 2. The fraction of sp³-hybridized carbons (Fsp3) is 0.417.